The lowest BCUT2D eigenvalue weighted by Gasteiger charge is -2.09. The summed E-state index contributed by atoms with van der Waals surface area (Å²) in [5, 5.41) is 3.10. The van der Waals surface area contributed by atoms with E-state index in [0.717, 1.165) is 0 Å². The van der Waals surface area contributed by atoms with Crippen LogP contribution in [0.25, 0.3) is 0 Å². The molecule has 1 aliphatic heterocycles. The first kappa shape index (κ1) is 11.5. The van der Waals surface area contributed by atoms with E-state index in [1.807, 2.05) is 0 Å². The summed E-state index contributed by atoms with van der Waals surface area (Å²) in [5.74, 6) is -0.162. The van der Waals surface area contributed by atoms with E-state index in [1.54, 1.807) is 0 Å². The van der Waals surface area contributed by atoms with Gasteiger partial charge in [-0.1, -0.05) is 11.6 Å². The highest BCUT2D eigenvalue weighted by Crippen LogP contribution is 2.13. The van der Waals surface area contributed by atoms with Crippen molar-refractivity contribution in [2.24, 2.45) is 0 Å². The van der Waals surface area contributed by atoms with Crippen LogP contribution in [0.3, 0.4) is 0 Å². The van der Waals surface area contributed by atoms with E-state index < -0.39 is 9.84 Å². The average Bonchev–Trinajstić information content (AvgIpc) is 2.73. The molecule has 0 spiro atoms. The topological polar surface area (TPSA) is 79.0 Å². The second-order valence-corrected chi connectivity index (χ2v) is 6.47. The molecule has 1 amide bonds. The number of hydrogen-bond donors (Lipinski definition) is 2. The molecule has 1 fully saturated rings. The Morgan fingerprint density at radius 3 is 2.81 bits per heavy atom. The molecular weight excluding hydrogens is 252 g/mol. The Morgan fingerprint density at radius 1 is 1.56 bits per heavy atom. The molecule has 1 aromatic rings. The summed E-state index contributed by atoms with van der Waals surface area (Å²) < 4.78 is 22.4. The second-order valence-electron chi connectivity index (χ2n) is 3.80. The van der Waals surface area contributed by atoms with Crippen molar-refractivity contribution in [1.82, 2.24) is 10.3 Å². The molecule has 7 heteroatoms. The first-order chi connectivity index (χ1) is 7.46. The Labute approximate surface area is 98.1 Å². The molecule has 16 heavy (non-hydrogen) atoms. The van der Waals surface area contributed by atoms with Gasteiger partial charge >= 0.3 is 0 Å². The van der Waals surface area contributed by atoms with Crippen LogP contribution < -0.4 is 5.32 Å². The van der Waals surface area contributed by atoms with E-state index in [4.69, 9.17) is 11.6 Å². The minimum Gasteiger partial charge on any atom is -0.356 e. The minimum absolute atomic E-state index is 0.0210. The van der Waals surface area contributed by atoms with E-state index in [0.29, 0.717) is 17.1 Å². The lowest BCUT2D eigenvalue weighted by molar-refractivity contribution is 0.0936. The number of aromatic nitrogens is 1. The van der Waals surface area contributed by atoms with Gasteiger partial charge in [0.2, 0.25) is 0 Å². The molecule has 2 N–H and O–H groups in total. The normalized spacial score (nSPS) is 23.2. The fraction of sp³-hybridized carbons (Fsp3) is 0.444. The van der Waals surface area contributed by atoms with Crippen LogP contribution in [0, 0.1) is 0 Å². The lowest BCUT2D eigenvalue weighted by atomic mass is 10.2. The Kier molecular flexibility index (Phi) is 2.94. The van der Waals surface area contributed by atoms with Gasteiger partial charge in [0.05, 0.1) is 16.5 Å². The Bertz CT molecular complexity index is 509. The highest BCUT2D eigenvalue weighted by atomic mass is 35.5. The summed E-state index contributed by atoms with van der Waals surface area (Å²) in [7, 11) is -2.97. The molecular formula is C9H11ClN2O3S. The van der Waals surface area contributed by atoms with E-state index in [1.165, 1.54) is 12.3 Å². The van der Waals surface area contributed by atoms with Crippen LogP contribution in [-0.4, -0.2) is 36.9 Å². The number of aromatic amines is 1. The van der Waals surface area contributed by atoms with E-state index in [2.05, 4.69) is 10.3 Å². The zero-order valence-corrected chi connectivity index (χ0v) is 9.94. The van der Waals surface area contributed by atoms with E-state index in [9.17, 15) is 13.2 Å². The first-order valence-electron chi connectivity index (χ1n) is 4.81. The van der Waals surface area contributed by atoms with E-state index >= 15 is 0 Å². The molecule has 0 bridgehead atoms. The van der Waals surface area contributed by atoms with Gasteiger partial charge in [0.15, 0.2) is 9.84 Å². The maximum atomic E-state index is 11.6. The fourth-order valence-corrected chi connectivity index (χ4v) is 3.51. The van der Waals surface area contributed by atoms with Crippen LogP contribution in [0.1, 0.15) is 16.9 Å². The molecule has 1 saturated heterocycles. The molecule has 1 aromatic heterocycles. The fourth-order valence-electron chi connectivity index (χ4n) is 1.67. The molecule has 1 atom stereocenters. The number of halogens is 1. The quantitative estimate of drug-likeness (QED) is 0.819. The molecule has 2 rings (SSSR count). The number of amides is 1. The van der Waals surface area contributed by atoms with Crippen molar-refractivity contribution < 1.29 is 13.2 Å². The second kappa shape index (κ2) is 4.10. The largest absolute Gasteiger partial charge is 0.356 e. The van der Waals surface area contributed by atoms with Crippen LogP contribution in [0.15, 0.2) is 12.3 Å². The Hall–Kier alpha value is -1.01. The summed E-state index contributed by atoms with van der Waals surface area (Å²) in [6.45, 7) is 0. The predicted octanol–water partition coefficient (Wildman–Crippen LogP) is 0.585. The molecule has 1 aliphatic rings. The molecule has 0 radical (unpaired) electrons. The zero-order chi connectivity index (χ0) is 11.8. The van der Waals surface area contributed by atoms with Gasteiger partial charge in [0.1, 0.15) is 5.69 Å². The molecule has 0 aliphatic carbocycles. The van der Waals surface area contributed by atoms with Crippen LogP contribution in [-0.2, 0) is 9.84 Å². The van der Waals surface area contributed by atoms with Gasteiger partial charge in [-0.05, 0) is 12.5 Å². The Balaban J connectivity index is 1.99. The summed E-state index contributed by atoms with van der Waals surface area (Å²) in [6.07, 6.45) is 1.98. The third-order valence-electron chi connectivity index (χ3n) is 2.46. The maximum Gasteiger partial charge on any atom is 0.267 e. The van der Waals surface area contributed by atoms with Crippen molar-refractivity contribution in [2.75, 3.05) is 11.5 Å². The highest BCUT2D eigenvalue weighted by molar-refractivity contribution is 7.91. The van der Waals surface area contributed by atoms with Crippen molar-refractivity contribution >= 4 is 27.3 Å². The maximum absolute atomic E-state index is 11.6. The highest BCUT2D eigenvalue weighted by Gasteiger charge is 2.29. The van der Waals surface area contributed by atoms with Crippen LogP contribution in [0.2, 0.25) is 5.02 Å². The van der Waals surface area contributed by atoms with Crippen molar-refractivity contribution in [3.05, 3.63) is 23.0 Å². The minimum atomic E-state index is -2.97. The molecule has 1 unspecified atom stereocenters. The van der Waals surface area contributed by atoms with Gasteiger partial charge in [-0.3, -0.25) is 4.79 Å². The standard InChI is InChI=1S/C9H11ClN2O3S/c10-6-3-8(11-4-6)9(13)12-7-1-2-16(14,15)5-7/h3-4,7,11H,1-2,5H2,(H,12,13). The summed E-state index contributed by atoms with van der Waals surface area (Å²) in [6, 6.07) is 1.21. The number of sulfone groups is 1. The van der Waals surface area contributed by atoms with Gasteiger partial charge in [-0.2, -0.15) is 0 Å². The van der Waals surface area contributed by atoms with Gasteiger partial charge in [0.25, 0.3) is 5.91 Å². The SMILES string of the molecule is O=C(NC1CCS(=O)(=O)C1)c1cc(Cl)c[nH]1. The predicted molar refractivity (Wildman–Crippen MR) is 60.3 cm³/mol. The number of nitrogens with one attached hydrogen (secondary N) is 2. The third-order valence-corrected chi connectivity index (χ3v) is 4.45. The molecule has 0 saturated carbocycles. The van der Waals surface area contributed by atoms with Crippen LogP contribution >= 0.6 is 11.6 Å². The first-order valence-corrected chi connectivity index (χ1v) is 7.01. The van der Waals surface area contributed by atoms with E-state index in [-0.39, 0.29) is 23.5 Å². The van der Waals surface area contributed by atoms with Crippen molar-refractivity contribution in [3.63, 3.8) is 0 Å². The summed E-state index contributed by atoms with van der Waals surface area (Å²) >= 11 is 5.66. The average molecular weight is 263 g/mol. The number of H-pyrrole nitrogens is 1. The molecule has 2 heterocycles. The lowest BCUT2D eigenvalue weighted by Crippen LogP contribution is -2.35. The molecule has 88 valence electrons. The van der Waals surface area contributed by atoms with Gasteiger partial charge in [0, 0.05) is 12.2 Å². The number of rotatable bonds is 2. The van der Waals surface area contributed by atoms with Crippen LogP contribution in [0.5, 0.6) is 0 Å². The van der Waals surface area contributed by atoms with Crippen molar-refractivity contribution in [2.45, 2.75) is 12.5 Å². The molecule has 5 nitrogen and oxygen atoms in total. The third kappa shape index (κ3) is 2.56. The number of carbonyl (C=O) groups excluding carboxylic acids is 1. The molecule has 0 aromatic carbocycles. The van der Waals surface area contributed by atoms with Crippen molar-refractivity contribution in [1.29, 1.82) is 0 Å². The smallest absolute Gasteiger partial charge is 0.267 e. The van der Waals surface area contributed by atoms with Gasteiger partial charge < -0.3 is 10.3 Å². The van der Waals surface area contributed by atoms with Crippen LogP contribution in [0.4, 0.5) is 0 Å². The van der Waals surface area contributed by atoms with Gasteiger partial charge in [-0.25, -0.2) is 8.42 Å². The monoisotopic (exact) mass is 262 g/mol. The number of hydrogen-bond acceptors (Lipinski definition) is 3. The Morgan fingerprint density at radius 2 is 2.31 bits per heavy atom. The zero-order valence-electron chi connectivity index (χ0n) is 8.36. The summed E-state index contributed by atoms with van der Waals surface area (Å²) in [5.41, 5.74) is 0.342. The number of carbonyl (C=O) groups is 1. The van der Waals surface area contributed by atoms with Crippen molar-refractivity contribution in [3.8, 4) is 0 Å². The van der Waals surface area contributed by atoms with Gasteiger partial charge in [-0.15, -0.1) is 0 Å². The summed E-state index contributed by atoms with van der Waals surface area (Å²) in [4.78, 5) is 14.3.